The van der Waals surface area contributed by atoms with Gasteiger partial charge >= 0.3 is 12.2 Å². The fraction of sp³-hybridized carbons (Fsp3) is 0.500. The van der Waals surface area contributed by atoms with Gasteiger partial charge in [-0.25, -0.2) is 9.18 Å². The van der Waals surface area contributed by atoms with Gasteiger partial charge in [-0.05, 0) is 39.0 Å². The van der Waals surface area contributed by atoms with Crippen molar-refractivity contribution in [1.82, 2.24) is 4.90 Å². The molecule has 0 heterocycles. The number of benzene rings is 1. The van der Waals surface area contributed by atoms with Gasteiger partial charge in [0.25, 0.3) is 0 Å². The molecule has 0 aliphatic rings. The van der Waals surface area contributed by atoms with Gasteiger partial charge in [0.05, 0.1) is 23.4 Å². The van der Waals surface area contributed by atoms with E-state index in [2.05, 4.69) is 5.32 Å². The first kappa shape index (κ1) is 18.2. The second kappa shape index (κ2) is 6.51. The molecule has 0 aliphatic heterocycles. The molecule has 22 heavy (non-hydrogen) atoms. The second-order valence-electron chi connectivity index (χ2n) is 5.44. The lowest BCUT2D eigenvalue weighted by atomic mass is 10.1. The van der Waals surface area contributed by atoms with Crippen LogP contribution in [0, 0.1) is 5.82 Å². The normalized spacial score (nSPS) is 12.2. The number of carbonyl (C=O) groups is 1. The third-order valence-corrected chi connectivity index (χ3v) is 2.78. The van der Waals surface area contributed by atoms with E-state index in [9.17, 15) is 27.5 Å². The van der Waals surface area contributed by atoms with E-state index in [4.69, 9.17) is 0 Å². The molecular formula is C14H18F4N2O2. The molecule has 0 fully saturated rings. The van der Waals surface area contributed by atoms with Gasteiger partial charge < -0.3 is 15.3 Å². The number of hydrogen-bond donors (Lipinski definition) is 2. The highest BCUT2D eigenvalue weighted by Gasteiger charge is 2.35. The van der Waals surface area contributed by atoms with E-state index in [0.29, 0.717) is 6.07 Å². The zero-order chi connectivity index (χ0) is 17.1. The third kappa shape index (κ3) is 5.18. The lowest BCUT2D eigenvalue weighted by molar-refractivity contribution is -0.137. The zero-order valence-corrected chi connectivity index (χ0v) is 12.5. The number of rotatable bonds is 4. The van der Waals surface area contributed by atoms with Crippen LogP contribution in [0.5, 0.6) is 0 Å². The van der Waals surface area contributed by atoms with Crippen molar-refractivity contribution in [3.05, 3.63) is 29.6 Å². The summed E-state index contributed by atoms with van der Waals surface area (Å²) in [4.78, 5) is 13.2. The molecule has 2 N–H and O–H groups in total. The number of halogens is 4. The summed E-state index contributed by atoms with van der Waals surface area (Å²) in [6.07, 6.45) is -4.79. The van der Waals surface area contributed by atoms with Gasteiger partial charge in [-0.15, -0.1) is 0 Å². The highest BCUT2D eigenvalue weighted by atomic mass is 19.4. The van der Waals surface area contributed by atoms with E-state index in [0.717, 1.165) is 17.0 Å². The largest absolute Gasteiger partial charge is 0.418 e. The lowest BCUT2D eigenvalue weighted by Gasteiger charge is -2.28. The van der Waals surface area contributed by atoms with Crippen molar-refractivity contribution in [2.24, 2.45) is 0 Å². The molecule has 0 atom stereocenters. The van der Waals surface area contributed by atoms with Gasteiger partial charge in [0.1, 0.15) is 5.82 Å². The summed E-state index contributed by atoms with van der Waals surface area (Å²) in [5.41, 5.74) is -2.99. The smallest absolute Gasteiger partial charge is 0.389 e. The number of likely N-dealkylation sites (N-methyl/N-ethyl adjacent to an activating group) is 1. The number of hydrogen-bond acceptors (Lipinski definition) is 2. The van der Waals surface area contributed by atoms with Gasteiger partial charge in [0.15, 0.2) is 0 Å². The lowest BCUT2D eigenvalue weighted by Crippen LogP contribution is -2.44. The van der Waals surface area contributed by atoms with E-state index < -0.39 is 34.9 Å². The summed E-state index contributed by atoms with van der Waals surface area (Å²) in [6.45, 7) is 4.71. The third-order valence-electron chi connectivity index (χ3n) is 2.78. The average molecular weight is 322 g/mol. The average Bonchev–Trinajstić information content (AvgIpc) is 2.35. The maximum Gasteiger partial charge on any atom is 0.418 e. The van der Waals surface area contributed by atoms with Crippen LogP contribution >= 0.6 is 0 Å². The molecule has 0 radical (unpaired) electrons. The van der Waals surface area contributed by atoms with E-state index in [1.165, 1.54) is 13.8 Å². The predicted octanol–water partition coefficient (Wildman–Crippen LogP) is 3.47. The van der Waals surface area contributed by atoms with E-state index in [-0.39, 0.29) is 13.1 Å². The first-order valence-electron chi connectivity index (χ1n) is 6.59. The van der Waals surface area contributed by atoms with Crippen LogP contribution in [-0.4, -0.2) is 34.7 Å². The number of carbonyl (C=O) groups excluding carboxylic acids is 1. The van der Waals surface area contributed by atoms with Gasteiger partial charge in [-0.3, -0.25) is 0 Å². The fourth-order valence-electron chi connectivity index (χ4n) is 1.85. The first-order valence-corrected chi connectivity index (χ1v) is 6.59. The number of nitrogens with one attached hydrogen (secondary N) is 1. The van der Waals surface area contributed by atoms with Crippen molar-refractivity contribution >= 4 is 11.7 Å². The Bertz CT molecular complexity index is 539. The van der Waals surface area contributed by atoms with Gasteiger partial charge in [-0.2, -0.15) is 13.2 Å². The minimum Gasteiger partial charge on any atom is -0.389 e. The van der Waals surface area contributed by atoms with Crippen LogP contribution in [0.1, 0.15) is 26.3 Å². The Labute approximate surface area is 125 Å². The monoisotopic (exact) mass is 322 g/mol. The quantitative estimate of drug-likeness (QED) is 0.834. The van der Waals surface area contributed by atoms with Crippen molar-refractivity contribution in [1.29, 1.82) is 0 Å². The Balaban J connectivity index is 3.01. The number of anilines is 1. The fourth-order valence-corrected chi connectivity index (χ4v) is 1.85. The van der Waals surface area contributed by atoms with E-state index >= 15 is 0 Å². The van der Waals surface area contributed by atoms with Crippen LogP contribution in [0.15, 0.2) is 18.2 Å². The Morgan fingerprint density at radius 3 is 2.36 bits per heavy atom. The predicted molar refractivity (Wildman–Crippen MR) is 74.0 cm³/mol. The molecule has 124 valence electrons. The SMILES string of the molecule is CCN(CC(C)(C)O)C(=O)Nc1ccc(F)cc1C(F)(F)F. The number of amides is 2. The molecule has 0 spiro atoms. The molecule has 0 saturated carbocycles. The Morgan fingerprint density at radius 2 is 1.91 bits per heavy atom. The molecule has 0 bridgehead atoms. The summed E-state index contributed by atoms with van der Waals surface area (Å²) in [5.74, 6) is -1.05. The molecule has 0 unspecified atom stereocenters. The summed E-state index contributed by atoms with van der Waals surface area (Å²) in [6, 6.07) is 1.20. The highest BCUT2D eigenvalue weighted by Crippen LogP contribution is 2.35. The standard InChI is InChI=1S/C14H18F4N2O2/c1-4-20(8-13(2,3)22)12(21)19-11-6-5-9(15)7-10(11)14(16,17)18/h5-7,22H,4,8H2,1-3H3,(H,19,21). The molecule has 0 aliphatic carbocycles. The molecular weight excluding hydrogens is 304 g/mol. The van der Waals surface area contributed by atoms with Crippen LogP contribution in [0.4, 0.5) is 28.0 Å². The second-order valence-corrected chi connectivity index (χ2v) is 5.44. The maximum atomic E-state index is 13.0. The maximum absolute atomic E-state index is 13.0. The van der Waals surface area contributed by atoms with Crippen molar-refractivity contribution in [3.63, 3.8) is 0 Å². The molecule has 2 amide bonds. The van der Waals surface area contributed by atoms with Gasteiger partial charge in [0.2, 0.25) is 0 Å². The van der Waals surface area contributed by atoms with E-state index in [1.54, 1.807) is 6.92 Å². The summed E-state index contributed by atoms with van der Waals surface area (Å²) < 4.78 is 51.6. The van der Waals surface area contributed by atoms with Crippen molar-refractivity contribution in [2.45, 2.75) is 32.5 Å². The first-order chi connectivity index (χ1) is 9.94. The van der Waals surface area contributed by atoms with Crippen LogP contribution < -0.4 is 5.32 Å². The van der Waals surface area contributed by atoms with Crippen molar-refractivity contribution in [2.75, 3.05) is 18.4 Å². The van der Waals surface area contributed by atoms with Crippen LogP contribution in [0.2, 0.25) is 0 Å². The zero-order valence-electron chi connectivity index (χ0n) is 12.5. The molecule has 0 saturated heterocycles. The van der Waals surface area contributed by atoms with Crippen molar-refractivity contribution in [3.8, 4) is 0 Å². The molecule has 8 heteroatoms. The summed E-state index contributed by atoms with van der Waals surface area (Å²) in [7, 11) is 0. The van der Waals surface area contributed by atoms with Crippen LogP contribution in [0.3, 0.4) is 0 Å². The number of urea groups is 1. The number of aliphatic hydroxyl groups is 1. The Hall–Kier alpha value is -1.83. The van der Waals surface area contributed by atoms with Crippen LogP contribution in [0.25, 0.3) is 0 Å². The van der Waals surface area contributed by atoms with E-state index in [1.807, 2.05) is 0 Å². The molecule has 1 rings (SSSR count). The summed E-state index contributed by atoms with van der Waals surface area (Å²) >= 11 is 0. The Kier molecular flexibility index (Phi) is 5.39. The minimum absolute atomic E-state index is 0.0577. The van der Waals surface area contributed by atoms with Crippen molar-refractivity contribution < 1.29 is 27.5 Å². The highest BCUT2D eigenvalue weighted by molar-refractivity contribution is 5.90. The summed E-state index contributed by atoms with van der Waals surface area (Å²) in [5, 5.41) is 11.8. The molecule has 0 aromatic heterocycles. The molecule has 4 nitrogen and oxygen atoms in total. The molecule has 1 aromatic rings. The number of alkyl halides is 3. The van der Waals surface area contributed by atoms with Crippen LogP contribution in [-0.2, 0) is 6.18 Å². The Morgan fingerprint density at radius 1 is 1.32 bits per heavy atom. The van der Waals surface area contributed by atoms with Gasteiger partial charge in [-0.1, -0.05) is 0 Å². The molecule has 1 aromatic carbocycles. The minimum atomic E-state index is -4.79. The topological polar surface area (TPSA) is 52.6 Å². The number of nitrogens with zero attached hydrogens (tertiary/aromatic N) is 1. The van der Waals surface area contributed by atoms with Gasteiger partial charge in [0, 0.05) is 6.54 Å².